The molecule has 0 saturated heterocycles. The Bertz CT molecular complexity index is 1490. The molecule has 0 spiro atoms. The van der Waals surface area contributed by atoms with Gasteiger partial charge in [0.05, 0.1) is 28.8 Å². The first-order chi connectivity index (χ1) is 16.8. The highest BCUT2D eigenvalue weighted by atomic mass is 35.5. The van der Waals surface area contributed by atoms with Gasteiger partial charge in [0.25, 0.3) is 5.91 Å². The van der Waals surface area contributed by atoms with Crippen LogP contribution in [-0.2, 0) is 9.53 Å². The summed E-state index contributed by atoms with van der Waals surface area (Å²) in [5.41, 5.74) is 1.61. The summed E-state index contributed by atoms with van der Waals surface area (Å²) in [5.74, 6) is -1.25. The molecule has 0 bridgehead atoms. The second-order valence-electron chi connectivity index (χ2n) is 7.59. The number of carbonyl (C=O) groups is 2. The fourth-order valence-corrected chi connectivity index (χ4v) is 3.97. The van der Waals surface area contributed by atoms with E-state index < -0.39 is 23.9 Å². The zero-order valence-corrected chi connectivity index (χ0v) is 20.2. The average molecular weight is 512 g/mol. The molecule has 0 radical (unpaired) electrons. The second kappa shape index (κ2) is 10.2. The zero-order chi connectivity index (χ0) is 25.1. The number of carbonyl (C=O) groups excluding carboxylic acids is 2. The maximum absolute atomic E-state index is 13.4. The topological polar surface area (TPSA) is 94.8 Å². The molecule has 1 aromatic heterocycles. The average Bonchev–Trinajstić information content (AvgIpc) is 2.84. The van der Waals surface area contributed by atoms with Gasteiger partial charge in [0.2, 0.25) is 11.2 Å². The van der Waals surface area contributed by atoms with Crippen molar-refractivity contribution in [2.75, 3.05) is 19.0 Å². The summed E-state index contributed by atoms with van der Waals surface area (Å²) in [6.45, 7) is 1.39. The van der Waals surface area contributed by atoms with E-state index >= 15 is 0 Å². The summed E-state index contributed by atoms with van der Waals surface area (Å²) in [7, 11) is 1.24. The Morgan fingerprint density at radius 1 is 1.03 bits per heavy atom. The number of hydrogen-bond donors (Lipinski definition) is 1. The van der Waals surface area contributed by atoms with Crippen LogP contribution < -0.4 is 15.5 Å². The predicted molar refractivity (Wildman–Crippen MR) is 135 cm³/mol. The van der Waals surface area contributed by atoms with Crippen molar-refractivity contribution < 1.29 is 23.5 Å². The number of halogens is 2. The molecule has 178 valence electrons. The van der Waals surface area contributed by atoms with E-state index in [0.717, 1.165) is 5.56 Å². The first-order valence-electron chi connectivity index (χ1n) is 10.4. The van der Waals surface area contributed by atoms with Crippen LogP contribution in [0.25, 0.3) is 22.3 Å². The molecule has 9 heteroatoms. The van der Waals surface area contributed by atoms with Crippen molar-refractivity contribution in [2.24, 2.45) is 0 Å². The molecule has 4 rings (SSSR count). The standard InChI is InChI=1S/C26H19Cl2NO6/c1-14-7-9-15(10-8-14)23-25(22(31)18-11-16(27)12-19(28)24(18)35-23)34-13-21(30)29-20-6-4-3-5-17(20)26(32)33-2/h3-12H,13H2,1-2H3,(H,29,30). The van der Waals surface area contributed by atoms with Crippen LogP contribution in [0.5, 0.6) is 5.75 Å². The Kier molecular flexibility index (Phi) is 7.10. The van der Waals surface area contributed by atoms with Gasteiger partial charge < -0.3 is 19.2 Å². The van der Waals surface area contributed by atoms with Crippen molar-refractivity contribution in [2.45, 2.75) is 6.92 Å². The van der Waals surface area contributed by atoms with E-state index in [4.69, 9.17) is 37.1 Å². The Morgan fingerprint density at radius 2 is 1.74 bits per heavy atom. The molecule has 35 heavy (non-hydrogen) atoms. The predicted octanol–water partition coefficient (Wildman–Crippen LogP) is 5.88. The molecule has 0 fully saturated rings. The van der Waals surface area contributed by atoms with E-state index in [9.17, 15) is 14.4 Å². The van der Waals surface area contributed by atoms with E-state index in [0.29, 0.717) is 5.56 Å². The summed E-state index contributed by atoms with van der Waals surface area (Å²) in [6.07, 6.45) is 0. The van der Waals surface area contributed by atoms with Gasteiger partial charge in [-0.05, 0) is 31.2 Å². The maximum Gasteiger partial charge on any atom is 0.339 e. The summed E-state index contributed by atoms with van der Waals surface area (Å²) in [4.78, 5) is 38.0. The minimum absolute atomic E-state index is 0.116. The second-order valence-corrected chi connectivity index (χ2v) is 8.44. The Labute approximate surface area is 210 Å². The number of anilines is 1. The molecule has 0 aliphatic rings. The Morgan fingerprint density at radius 3 is 2.46 bits per heavy atom. The molecule has 1 amide bonds. The first-order valence-corrected chi connectivity index (χ1v) is 11.2. The third-order valence-electron chi connectivity index (χ3n) is 5.14. The van der Waals surface area contributed by atoms with Gasteiger partial charge in [0.15, 0.2) is 18.0 Å². The molecular formula is C26H19Cl2NO6. The van der Waals surface area contributed by atoms with Crippen LogP contribution in [-0.4, -0.2) is 25.6 Å². The molecule has 0 saturated carbocycles. The number of aryl methyl sites for hydroxylation is 1. The molecule has 0 aliphatic carbocycles. The van der Waals surface area contributed by atoms with Crippen LogP contribution >= 0.6 is 23.2 Å². The maximum atomic E-state index is 13.4. The van der Waals surface area contributed by atoms with Gasteiger partial charge in [0.1, 0.15) is 0 Å². The lowest BCUT2D eigenvalue weighted by Gasteiger charge is -2.13. The Balaban J connectivity index is 1.71. The number of amides is 1. The number of nitrogens with one attached hydrogen (secondary N) is 1. The van der Waals surface area contributed by atoms with Gasteiger partial charge in [-0.2, -0.15) is 0 Å². The van der Waals surface area contributed by atoms with Crippen LogP contribution in [0.2, 0.25) is 10.0 Å². The van der Waals surface area contributed by atoms with Crippen molar-refractivity contribution in [1.82, 2.24) is 0 Å². The number of fused-ring (bicyclic) bond motifs is 1. The SMILES string of the molecule is COC(=O)c1ccccc1NC(=O)COc1c(-c2ccc(C)cc2)oc2c(Cl)cc(Cl)cc2c1=O. The summed E-state index contributed by atoms with van der Waals surface area (Å²) in [6, 6.07) is 16.5. The minimum Gasteiger partial charge on any atom is -0.476 e. The minimum atomic E-state index is -0.604. The summed E-state index contributed by atoms with van der Waals surface area (Å²) >= 11 is 12.4. The number of rotatable bonds is 6. The molecule has 7 nitrogen and oxygen atoms in total. The van der Waals surface area contributed by atoms with Gasteiger partial charge in [0, 0.05) is 10.6 Å². The van der Waals surface area contributed by atoms with E-state index in [-0.39, 0.29) is 43.8 Å². The normalized spacial score (nSPS) is 10.7. The van der Waals surface area contributed by atoms with Crippen molar-refractivity contribution >= 4 is 51.7 Å². The van der Waals surface area contributed by atoms with Crippen LogP contribution in [0.1, 0.15) is 15.9 Å². The van der Waals surface area contributed by atoms with E-state index in [1.807, 2.05) is 19.1 Å². The van der Waals surface area contributed by atoms with Gasteiger partial charge in [-0.3, -0.25) is 9.59 Å². The molecule has 1 N–H and O–H groups in total. The highest BCUT2D eigenvalue weighted by molar-refractivity contribution is 6.38. The highest BCUT2D eigenvalue weighted by Crippen LogP contribution is 2.35. The van der Waals surface area contributed by atoms with E-state index in [1.165, 1.54) is 25.3 Å². The summed E-state index contributed by atoms with van der Waals surface area (Å²) < 4.78 is 16.4. The highest BCUT2D eigenvalue weighted by Gasteiger charge is 2.21. The van der Waals surface area contributed by atoms with Gasteiger partial charge in [-0.1, -0.05) is 65.2 Å². The lowest BCUT2D eigenvalue weighted by atomic mass is 10.1. The molecular weight excluding hydrogens is 493 g/mol. The van der Waals surface area contributed by atoms with Gasteiger partial charge in [-0.15, -0.1) is 0 Å². The smallest absolute Gasteiger partial charge is 0.339 e. The number of ether oxygens (including phenoxy) is 2. The fraction of sp³-hybridized carbons (Fsp3) is 0.115. The number of hydrogen-bond acceptors (Lipinski definition) is 6. The molecule has 3 aromatic carbocycles. The number of benzene rings is 3. The largest absolute Gasteiger partial charge is 0.476 e. The molecule has 4 aromatic rings. The number of esters is 1. The van der Waals surface area contributed by atoms with Crippen LogP contribution in [0, 0.1) is 6.92 Å². The first kappa shape index (κ1) is 24.3. The monoisotopic (exact) mass is 511 g/mol. The third-order valence-corrected chi connectivity index (χ3v) is 5.64. The number of methoxy groups -OCH3 is 1. The Hall–Kier alpha value is -3.81. The van der Waals surface area contributed by atoms with Crippen molar-refractivity contribution in [1.29, 1.82) is 0 Å². The van der Waals surface area contributed by atoms with Crippen LogP contribution in [0.15, 0.2) is 69.9 Å². The lowest BCUT2D eigenvalue weighted by molar-refractivity contribution is -0.118. The van der Waals surface area contributed by atoms with Crippen LogP contribution in [0.3, 0.4) is 0 Å². The third kappa shape index (κ3) is 5.16. The van der Waals surface area contributed by atoms with Crippen LogP contribution in [0.4, 0.5) is 5.69 Å². The van der Waals surface area contributed by atoms with Crippen molar-refractivity contribution in [3.05, 3.63) is 92.1 Å². The molecule has 0 aliphatic heterocycles. The molecule has 0 unspecified atom stereocenters. The number of para-hydroxylation sites is 1. The van der Waals surface area contributed by atoms with E-state index in [1.54, 1.807) is 30.3 Å². The van der Waals surface area contributed by atoms with Gasteiger partial charge >= 0.3 is 5.97 Å². The van der Waals surface area contributed by atoms with Crippen molar-refractivity contribution in [3.8, 4) is 17.1 Å². The van der Waals surface area contributed by atoms with E-state index in [2.05, 4.69) is 5.32 Å². The van der Waals surface area contributed by atoms with Gasteiger partial charge in [-0.25, -0.2) is 4.79 Å². The van der Waals surface area contributed by atoms with Crippen molar-refractivity contribution in [3.63, 3.8) is 0 Å². The lowest BCUT2D eigenvalue weighted by Crippen LogP contribution is -2.23. The molecule has 1 heterocycles. The zero-order valence-electron chi connectivity index (χ0n) is 18.7. The summed E-state index contributed by atoms with van der Waals surface area (Å²) in [5, 5.41) is 3.13. The molecule has 0 atom stereocenters. The quantitative estimate of drug-likeness (QED) is 0.325. The fourth-order valence-electron chi connectivity index (χ4n) is 3.44.